The lowest BCUT2D eigenvalue weighted by Gasteiger charge is -2.21. The lowest BCUT2D eigenvalue weighted by molar-refractivity contribution is -0.151. The Hall–Kier alpha value is -1.54. The summed E-state index contributed by atoms with van der Waals surface area (Å²) in [5, 5.41) is 0. The van der Waals surface area contributed by atoms with Crippen molar-refractivity contribution in [1.82, 2.24) is 0 Å². The summed E-state index contributed by atoms with van der Waals surface area (Å²) in [6.45, 7) is 6.56. The van der Waals surface area contributed by atoms with E-state index in [0.29, 0.717) is 13.2 Å². The first-order chi connectivity index (χ1) is 10.0. The zero-order valence-electron chi connectivity index (χ0n) is 13.0. The molecule has 4 nitrogen and oxygen atoms in total. The van der Waals surface area contributed by atoms with Gasteiger partial charge in [-0.15, -0.1) is 5.92 Å². The summed E-state index contributed by atoms with van der Waals surface area (Å²) >= 11 is 0. The van der Waals surface area contributed by atoms with E-state index in [1.54, 1.807) is 14.0 Å². The Labute approximate surface area is 126 Å². The summed E-state index contributed by atoms with van der Waals surface area (Å²) in [7, 11) is 1.65. The second-order valence-electron chi connectivity index (χ2n) is 5.34. The van der Waals surface area contributed by atoms with Gasteiger partial charge in [-0.2, -0.15) is 0 Å². The van der Waals surface area contributed by atoms with Crippen LogP contribution in [-0.4, -0.2) is 31.7 Å². The maximum atomic E-state index is 5.90. The van der Waals surface area contributed by atoms with E-state index in [2.05, 4.69) is 11.8 Å². The molecule has 4 heteroatoms. The van der Waals surface area contributed by atoms with Crippen molar-refractivity contribution in [2.24, 2.45) is 0 Å². The molecule has 0 radical (unpaired) electrons. The van der Waals surface area contributed by atoms with Crippen LogP contribution in [0.3, 0.4) is 0 Å². The van der Waals surface area contributed by atoms with E-state index in [1.165, 1.54) is 0 Å². The Balaban J connectivity index is 1.95. The largest absolute Gasteiger partial charge is 0.497 e. The molecule has 2 atom stereocenters. The molecule has 1 aliphatic rings. The molecule has 2 rings (SSSR count). The van der Waals surface area contributed by atoms with Crippen molar-refractivity contribution in [2.45, 2.75) is 45.4 Å². The van der Waals surface area contributed by atoms with Gasteiger partial charge in [0.25, 0.3) is 0 Å². The molecule has 114 valence electrons. The smallest absolute Gasteiger partial charge is 0.163 e. The Morgan fingerprint density at radius 3 is 2.57 bits per heavy atom. The molecule has 1 saturated heterocycles. The molecule has 0 aromatic heterocycles. The topological polar surface area (TPSA) is 36.9 Å². The molecule has 0 spiro atoms. The molecule has 1 aromatic carbocycles. The summed E-state index contributed by atoms with van der Waals surface area (Å²) < 4.78 is 22.4. The minimum atomic E-state index is -0.568. The number of ether oxygens (including phenoxy) is 4. The minimum absolute atomic E-state index is 0.161. The van der Waals surface area contributed by atoms with E-state index in [9.17, 15) is 0 Å². The number of methoxy groups -OCH3 is 1. The summed E-state index contributed by atoms with van der Waals surface area (Å²) in [5.74, 6) is 6.21. The van der Waals surface area contributed by atoms with Crippen LogP contribution in [0, 0.1) is 11.8 Å². The maximum Gasteiger partial charge on any atom is 0.163 e. The Bertz CT molecular complexity index is 510. The van der Waals surface area contributed by atoms with Crippen molar-refractivity contribution >= 4 is 0 Å². The fourth-order valence-electron chi connectivity index (χ4n) is 2.16. The zero-order valence-corrected chi connectivity index (χ0v) is 13.0. The molecule has 1 aromatic rings. The van der Waals surface area contributed by atoms with Gasteiger partial charge in [0.15, 0.2) is 5.79 Å². The van der Waals surface area contributed by atoms with Crippen LogP contribution in [0.4, 0.5) is 0 Å². The molecule has 21 heavy (non-hydrogen) atoms. The van der Waals surface area contributed by atoms with Crippen LogP contribution in [0.15, 0.2) is 24.3 Å². The third-order valence-electron chi connectivity index (χ3n) is 3.24. The molecule has 1 heterocycles. The number of hydrogen-bond donors (Lipinski definition) is 0. The van der Waals surface area contributed by atoms with Crippen LogP contribution in [0.5, 0.6) is 5.75 Å². The van der Waals surface area contributed by atoms with Crippen molar-refractivity contribution < 1.29 is 18.9 Å². The van der Waals surface area contributed by atoms with Crippen LogP contribution >= 0.6 is 0 Å². The summed E-state index contributed by atoms with van der Waals surface area (Å²) in [6.07, 6.45) is -0.454. The van der Waals surface area contributed by atoms with E-state index in [1.807, 2.05) is 38.1 Å². The minimum Gasteiger partial charge on any atom is -0.497 e. The average molecular weight is 290 g/mol. The first-order valence-electron chi connectivity index (χ1n) is 7.02. The van der Waals surface area contributed by atoms with Gasteiger partial charge in [-0.3, -0.25) is 0 Å². The Morgan fingerprint density at radius 1 is 1.33 bits per heavy atom. The first kappa shape index (κ1) is 15.8. The van der Waals surface area contributed by atoms with Crippen LogP contribution < -0.4 is 4.74 Å². The van der Waals surface area contributed by atoms with Crippen molar-refractivity contribution in [1.29, 1.82) is 0 Å². The highest BCUT2D eigenvalue weighted by Crippen LogP contribution is 2.25. The van der Waals surface area contributed by atoms with Crippen molar-refractivity contribution in [3.05, 3.63) is 29.8 Å². The SMILES string of the molecule is CC#C[C@H](OCc1ccc(OC)cc1)[C@@H]1COC(C)(C)O1. The molecule has 1 aliphatic heterocycles. The van der Waals surface area contributed by atoms with Crippen LogP contribution in [-0.2, 0) is 20.8 Å². The third kappa shape index (κ3) is 4.47. The van der Waals surface area contributed by atoms with Gasteiger partial charge in [0, 0.05) is 0 Å². The van der Waals surface area contributed by atoms with Crippen molar-refractivity contribution in [3.63, 3.8) is 0 Å². The van der Waals surface area contributed by atoms with Crippen LogP contribution in [0.1, 0.15) is 26.3 Å². The van der Waals surface area contributed by atoms with Gasteiger partial charge in [0.05, 0.1) is 20.3 Å². The fraction of sp³-hybridized carbons (Fsp3) is 0.529. The Morgan fingerprint density at radius 2 is 2.05 bits per heavy atom. The van der Waals surface area contributed by atoms with Crippen molar-refractivity contribution in [2.75, 3.05) is 13.7 Å². The van der Waals surface area contributed by atoms with Gasteiger partial charge < -0.3 is 18.9 Å². The van der Waals surface area contributed by atoms with Gasteiger partial charge in [0.2, 0.25) is 0 Å². The monoisotopic (exact) mass is 290 g/mol. The maximum absolute atomic E-state index is 5.90. The predicted octanol–water partition coefficient (Wildman–Crippen LogP) is 2.76. The highest BCUT2D eigenvalue weighted by molar-refractivity contribution is 5.26. The number of benzene rings is 1. The van der Waals surface area contributed by atoms with E-state index < -0.39 is 5.79 Å². The van der Waals surface area contributed by atoms with Gasteiger partial charge in [-0.1, -0.05) is 18.1 Å². The molecule has 0 bridgehead atoms. The average Bonchev–Trinajstić information content (AvgIpc) is 2.84. The molecule has 0 amide bonds. The summed E-state index contributed by atoms with van der Waals surface area (Å²) in [4.78, 5) is 0. The second-order valence-corrected chi connectivity index (χ2v) is 5.34. The van der Waals surface area contributed by atoms with E-state index in [4.69, 9.17) is 18.9 Å². The predicted molar refractivity (Wildman–Crippen MR) is 79.9 cm³/mol. The second kappa shape index (κ2) is 6.95. The van der Waals surface area contributed by atoms with E-state index in [-0.39, 0.29) is 12.2 Å². The molecule has 0 unspecified atom stereocenters. The third-order valence-corrected chi connectivity index (χ3v) is 3.24. The quantitative estimate of drug-likeness (QED) is 0.781. The van der Waals surface area contributed by atoms with E-state index >= 15 is 0 Å². The number of hydrogen-bond acceptors (Lipinski definition) is 4. The molecule has 0 aliphatic carbocycles. The fourth-order valence-corrected chi connectivity index (χ4v) is 2.16. The normalized spacial score (nSPS) is 21.4. The Kier molecular flexibility index (Phi) is 5.24. The highest BCUT2D eigenvalue weighted by Gasteiger charge is 2.37. The van der Waals surface area contributed by atoms with E-state index in [0.717, 1.165) is 11.3 Å². The highest BCUT2D eigenvalue weighted by atomic mass is 16.7. The molecule has 0 N–H and O–H groups in total. The molecular weight excluding hydrogens is 268 g/mol. The van der Waals surface area contributed by atoms with Gasteiger partial charge in [0.1, 0.15) is 18.0 Å². The molecule has 0 saturated carbocycles. The van der Waals surface area contributed by atoms with Gasteiger partial charge >= 0.3 is 0 Å². The first-order valence-corrected chi connectivity index (χ1v) is 7.02. The van der Waals surface area contributed by atoms with Crippen LogP contribution in [0.2, 0.25) is 0 Å². The zero-order chi connectivity index (χ0) is 15.3. The van der Waals surface area contributed by atoms with Crippen molar-refractivity contribution in [3.8, 4) is 17.6 Å². The summed E-state index contributed by atoms with van der Waals surface area (Å²) in [6, 6.07) is 7.78. The lowest BCUT2D eigenvalue weighted by atomic mass is 10.2. The standard InChI is InChI=1S/C17H22O4/c1-5-6-15(16-12-20-17(2,3)21-16)19-11-13-7-9-14(18-4)10-8-13/h7-10,15-16H,11-12H2,1-4H3/t15-,16-/m0/s1. The van der Waals surface area contributed by atoms with Gasteiger partial charge in [-0.25, -0.2) is 0 Å². The summed E-state index contributed by atoms with van der Waals surface area (Å²) in [5.41, 5.74) is 1.07. The van der Waals surface area contributed by atoms with Crippen LogP contribution in [0.25, 0.3) is 0 Å². The number of rotatable bonds is 5. The molecular formula is C17H22O4. The van der Waals surface area contributed by atoms with Gasteiger partial charge in [-0.05, 0) is 38.5 Å². The molecule has 1 fully saturated rings. The lowest BCUT2D eigenvalue weighted by Crippen LogP contribution is -2.32.